The number of fused-ring (bicyclic) bond motifs is 3. The summed E-state index contributed by atoms with van der Waals surface area (Å²) in [4.78, 5) is 23.2. The molecular formula is C20H21NO5. The first kappa shape index (κ1) is 17.9. The summed E-state index contributed by atoms with van der Waals surface area (Å²) < 4.78 is 5.29. The Kier molecular flexibility index (Phi) is 5.23. The molecule has 0 saturated carbocycles. The van der Waals surface area contributed by atoms with Crippen LogP contribution in [0.4, 0.5) is 4.79 Å². The lowest BCUT2D eigenvalue weighted by molar-refractivity contribution is -0.142. The zero-order valence-electron chi connectivity index (χ0n) is 14.4. The predicted molar refractivity (Wildman–Crippen MR) is 95.9 cm³/mol. The summed E-state index contributed by atoms with van der Waals surface area (Å²) in [5, 5.41) is 21.1. The molecule has 6 heteroatoms. The van der Waals surface area contributed by atoms with Crippen LogP contribution in [0.25, 0.3) is 11.1 Å². The van der Waals surface area contributed by atoms with E-state index in [4.69, 9.17) is 9.84 Å². The van der Waals surface area contributed by atoms with E-state index in [1.807, 2.05) is 48.5 Å². The second-order valence-electron chi connectivity index (χ2n) is 6.26. The van der Waals surface area contributed by atoms with Crippen LogP contribution >= 0.6 is 0 Å². The molecule has 1 amide bonds. The Hall–Kier alpha value is -2.86. The van der Waals surface area contributed by atoms with Crippen LogP contribution < -0.4 is 5.32 Å². The fraction of sp³-hybridized carbons (Fsp3) is 0.300. The number of carboxylic acids is 1. The molecule has 0 radical (unpaired) electrons. The number of aliphatic hydroxyl groups excluding tert-OH is 1. The number of carbonyl (C=O) groups excluding carboxylic acids is 1. The Morgan fingerprint density at radius 2 is 1.62 bits per heavy atom. The molecule has 0 fully saturated rings. The number of ether oxygens (including phenoxy) is 1. The summed E-state index contributed by atoms with van der Waals surface area (Å²) >= 11 is 0. The average Bonchev–Trinajstić information content (AvgIpc) is 2.97. The Morgan fingerprint density at radius 3 is 2.12 bits per heavy atom. The summed E-state index contributed by atoms with van der Waals surface area (Å²) in [7, 11) is 0. The topological polar surface area (TPSA) is 95.9 Å². The maximum Gasteiger partial charge on any atom is 0.407 e. The Balaban J connectivity index is 1.72. The van der Waals surface area contributed by atoms with Crippen molar-refractivity contribution in [2.45, 2.75) is 31.4 Å². The molecule has 3 rings (SSSR count). The van der Waals surface area contributed by atoms with E-state index in [0.717, 1.165) is 22.3 Å². The van der Waals surface area contributed by atoms with Gasteiger partial charge in [-0.1, -0.05) is 55.5 Å². The number of alkyl carbamates (subject to hydrolysis) is 1. The normalized spacial score (nSPS) is 14.8. The van der Waals surface area contributed by atoms with Gasteiger partial charge in [0.1, 0.15) is 6.61 Å². The molecule has 1 aliphatic carbocycles. The van der Waals surface area contributed by atoms with Crippen LogP contribution in [0.5, 0.6) is 0 Å². The van der Waals surface area contributed by atoms with Gasteiger partial charge in [0.15, 0.2) is 6.04 Å². The van der Waals surface area contributed by atoms with E-state index in [1.54, 1.807) is 6.92 Å². The number of amides is 1. The van der Waals surface area contributed by atoms with Gasteiger partial charge in [0.2, 0.25) is 0 Å². The maximum absolute atomic E-state index is 12.1. The minimum atomic E-state index is -1.39. The molecule has 0 saturated heterocycles. The summed E-state index contributed by atoms with van der Waals surface area (Å²) in [6.07, 6.45) is -1.82. The molecule has 136 valence electrons. The van der Waals surface area contributed by atoms with Crippen molar-refractivity contribution in [1.82, 2.24) is 5.32 Å². The van der Waals surface area contributed by atoms with Gasteiger partial charge in [-0.05, 0) is 28.7 Å². The second-order valence-corrected chi connectivity index (χ2v) is 6.26. The van der Waals surface area contributed by atoms with Crippen molar-refractivity contribution >= 4 is 12.1 Å². The number of hydrogen-bond acceptors (Lipinski definition) is 4. The number of carbonyl (C=O) groups is 2. The first-order valence-corrected chi connectivity index (χ1v) is 8.55. The molecule has 0 bridgehead atoms. The van der Waals surface area contributed by atoms with Crippen molar-refractivity contribution in [2.75, 3.05) is 6.61 Å². The smallest absolute Gasteiger partial charge is 0.407 e. The highest BCUT2D eigenvalue weighted by molar-refractivity contribution is 5.81. The van der Waals surface area contributed by atoms with Crippen LogP contribution in [0.3, 0.4) is 0 Å². The van der Waals surface area contributed by atoms with Crippen molar-refractivity contribution in [1.29, 1.82) is 0 Å². The molecule has 6 nitrogen and oxygen atoms in total. The van der Waals surface area contributed by atoms with Crippen molar-refractivity contribution in [2.24, 2.45) is 0 Å². The lowest BCUT2D eigenvalue weighted by Crippen LogP contribution is -2.48. The average molecular weight is 355 g/mol. The monoisotopic (exact) mass is 355 g/mol. The highest BCUT2D eigenvalue weighted by Crippen LogP contribution is 2.44. The third-order valence-electron chi connectivity index (χ3n) is 4.69. The van der Waals surface area contributed by atoms with Gasteiger partial charge < -0.3 is 20.3 Å². The largest absolute Gasteiger partial charge is 0.480 e. The van der Waals surface area contributed by atoms with Crippen LogP contribution in [-0.2, 0) is 9.53 Å². The minimum Gasteiger partial charge on any atom is -0.480 e. The molecule has 0 heterocycles. The fourth-order valence-electron chi connectivity index (χ4n) is 3.33. The Labute approximate surface area is 151 Å². The zero-order chi connectivity index (χ0) is 18.7. The van der Waals surface area contributed by atoms with E-state index in [1.165, 1.54) is 0 Å². The van der Waals surface area contributed by atoms with Gasteiger partial charge in [-0.15, -0.1) is 0 Å². The molecule has 2 aromatic carbocycles. The molecule has 2 unspecified atom stereocenters. The lowest BCUT2D eigenvalue weighted by atomic mass is 9.98. The number of hydrogen-bond donors (Lipinski definition) is 3. The Bertz CT molecular complexity index is 774. The number of aliphatic hydroxyl groups is 1. The first-order valence-electron chi connectivity index (χ1n) is 8.55. The van der Waals surface area contributed by atoms with Gasteiger partial charge in [-0.2, -0.15) is 0 Å². The van der Waals surface area contributed by atoms with Crippen molar-refractivity contribution < 1.29 is 24.5 Å². The predicted octanol–water partition coefficient (Wildman–Crippen LogP) is 2.75. The second kappa shape index (κ2) is 7.58. The van der Waals surface area contributed by atoms with Crippen LogP contribution in [0.1, 0.15) is 30.4 Å². The molecular weight excluding hydrogens is 334 g/mol. The molecule has 2 atom stereocenters. The van der Waals surface area contributed by atoms with Gasteiger partial charge in [0.05, 0.1) is 6.10 Å². The number of benzene rings is 2. The fourth-order valence-corrected chi connectivity index (χ4v) is 3.33. The van der Waals surface area contributed by atoms with Gasteiger partial charge in [-0.25, -0.2) is 9.59 Å². The summed E-state index contributed by atoms with van der Waals surface area (Å²) in [5.74, 6) is -1.40. The van der Waals surface area contributed by atoms with E-state index in [-0.39, 0.29) is 18.9 Å². The van der Waals surface area contributed by atoms with E-state index in [2.05, 4.69) is 5.32 Å². The number of carboxylic acid groups (broad SMARTS) is 1. The summed E-state index contributed by atoms with van der Waals surface area (Å²) in [6.45, 7) is 1.73. The van der Waals surface area contributed by atoms with Crippen molar-refractivity contribution in [3.63, 3.8) is 0 Å². The first-order chi connectivity index (χ1) is 12.5. The quantitative estimate of drug-likeness (QED) is 0.740. The van der Waals surface area contributed by atoms with Gasteiger partial charge in [0.25, 0.3) is 0 Å². The number of nitrogens with one attached hydrogen (secondary N) is 1. The third-order valence-corrected chi connectivity index (χ3v) is 4.69. The highest BCUT2D eigenvalue weighted by atomic mass is 16.5. The van der Waals surface area contributed by atoms with Crippen LogP contribution in [0, 0.1) is 0 Å². The van der Waals surface area contributed by atoms with Gasteiger partial charge >= 0.3 is 12.1 Å². The van der Waals surface area contributed by atoms with Crippen molar-refractivity contribution in [3.05, 3.63) is 59.7 Å². The molecule has 0 spiro atoms. The standard InChI is InChI=1S/C20H21NO5/c1-2-17(22)18(19(23)24)21-20(25)26-11-16-14-9-5-3-7-12(14)13-8-4-6-10-15(13)16/h3-10,16-18,22H,2,11H2,1H3,(H,21,25)(H,23,24). The Morgan fingerprint density at radius 1 is 1.08 bits per heavy atom. The number of rotatable bonds is 6. The van der Waals surface area contributed by atoms with Crippen LogP contribution in [0.15, 0.2) is 48.5 Å². The number of aliphatic carboxylic acids is 1. The van der Waals surface area contributed by atoms with E-state index in [9.17, 15) is 14.7 Å². The molecule has 3 N–H and O–H groups in total. The molecule has 2 aromatic rings. The van der Waals surface area contributed by atoms with E-state index in [0.29, 0.717) is 0 Å². The van der Waals surface area contributed by atoms with Crippen molar-refractivity contribution in [3.8, 4) is 11.1 Å². The van der Waals surface area contributed by atoms with Crippen LogP contribution in [0.2, 0.25) is 0 Å². The molecule has 1 aliphatic rings. The van der Waals surface area contributed by atoms with Gasteiger partial charge in [-0.3, -0.25) is 0 Å². The summed E-state index contributed by atoms with van der Waals surface area (Å²) in [5.41, 5.74) is 4.37. The SMILES string of the molecule is CCC(O)C(NC(=O)OCC1c2ccccc2-c2ccccc21)C(=O)O. The van der Waals surface area contributed by atoms with Crippen LogP contribution in [-0.4, -0.2) is 41.0 Å². The highest BCUT2D eigenvalue weighted by Gasteiger charge is 2.31. The summed E-state index contributed by atoms with van der Waals surface area (Å²) in [6, 6.07) is 14.5. The molecule has 0 aliphatic heterocycles. The van der Waals surface area contributed by atoms with Gasteiger partial charge in [0, 0.05) is 5.92 Å². The minimum absolute atomic E-state index is 0.0917. The third kappa shape index (κ3) is 3.41. The van der Waals surface area contributed by atoms with E-state index < -0.39 is 24.2 Å². The molecule has 0 aromatic heterocycles. The van der Waals surface area contributed by atoms with E-state index >= 15 is 0 Å². The lowest BCUT2D eigenvalue weighted by Gasteiger charge is -2.20. The zero-order valence-corrected chi connectivity index (χ0v) is 14.4. The molecule has 26 heavy (non-hydrogen) atoms. The maximum atomic E-state index is 12.1.